The summed E-state index contributed by atoms with van der Waals surface area (Å²) < 4.78 is 16.1. The van der Waals surface area contributed by atoms with Gasteiger partial charge in [0.2, 0.25) is 5.88 Å². The molecular weight excluding hydrogens is 430 g/mol. The van der Waals surface area contributed by atoms with E-state index in [-0.39, 0.29) is 12.1 Å². The van der Waals surface area contributed by atoms with Crippen LogP contribution in [0.5, 0.6) is 11.6 Å². The molecule has 2 heterocycles. The lowest BCUT2D eigenvalue weighted by molar-refractivity contribution is 0.0853. The first-order chi connectivity index (χ1) is 16.5. The van der Waals surface area contributed by atoms with E-state index < -0.39 is 0 Å². The van der Waals surface area contributed by atoms with E-state index in [1.54, 1.807) is 14.2 Å². The number of carbonyl (C=O) groups is 1. The van der Waals surface area contributed by atoms with Crippen LogP contribution in [0.1, 0.15) is 24.1 Å². The molecule has 1 atom stereocenters. The van der Waals surface area contributed by atoms with Gasteiger partial charge in [-0.1, -0.05) is 42.0 Å². The van der Waals surface area contributed by atoms with Crippen molar-refractivity contribution >= 4 is 11.8 Å². The molecule has 1 aliphatic rings. The van der Waals surface area contributed by atoms with Crippen LogP contribution in [0.15, 0.2) is 60.7 Å². The van der Waals surface area contributed by atoms with Crippen molar-refractivity contribution in [3.05, 3.63) is 71.8 Å². The zero-order valence-corrected chi connectivity index (χ0v) is 20.2. The van der Waals surface area contributed by atoms with Gasteiger partial charge in [-0.25, -0.2) is 9.78 Å². The fourth-order valence-electron chi connectivity index (χ4n) is 4.26. The summed E-state index contributed by atoms with van der Waals surface area (Å²) in [6.45, 7) is 6.05. The molecule has 178 valence electrons. The molecule has 0 N–H and O–H groups in total. The lowest BCUT2D eigenvalue weighted by atomic mass is 10.0. The Morgan fingerprint density at radius 1 is 0.971 bits per heavy atom. The SMILES string of the molecule is CCOC(=O)N1CCN(c2ccc(OC)nc2-c2ccc(C)cc2)CC1c1ccc(OC)cc1. The molecule has 1 unspecified atom stereocenters. The number of anilines is 1. The Kier molecular flexibility index (Phi) is 7.21. The lowest BCUT2D eigenvalue weighted by Crippen LogP contribution is -2.51. The number of hydrogen-bond acceptors (Lipinski definition) is 6. The molecule has 1 aromatic heterocycles. The maximum atomic E-state index is 12.8. The highest BCUT2D eigenvalue weighted by Crippen LogP contribution is 2.36. The van der Waals surface area contributed by atoms with Crippen LogP contribution in [0.2, 0.25) is 0 Å². The quantitative estimate of drug-likeness (QED) is 0.509. The van der Waals surface area contributed by atoms with Gasteiger partial charge in [0.05, 0.1) is 38.2 Å². The number of benzene rings is 2. The van der Waals surface area contributed by atoms with Gasteiger partial charge in [-0.15, -0.1) is 0 Å². The van der Waals surface area contributed by atoms with Crippen molar-refractivity contribution in [1.82, 2.24) is 9.88 Å². The molecule has 4 rings (SSSR count). The van der Waals surface area contributed by atoms with Gasteiger partial charge in [0.25, 0.3) is 0 Å². The van der Waals surface area contributed by atoms with E-state index in [0.29, 0.717) is 32.1 Å². The number of amides is 1. The molecule has 34 heavy (non-hydrogen) atoms. The Labute approximate surface area is 200 Å². The lowest BCUT2D eigenvalue weighted by Gasteiger charge is -2.42. The molecule has 1 aliphatic heterocycles. The van der Waals surface area contributed by atoms with Gasteiger partial charge in [0.15, 0.2) is 0 Å². The molecule has 1 amide bonds. The number of rotatable bonds is 6. The summed E-state index contributed by atoms with van der Waals surface area (Å²) in [5.41, 5.74) is 5.10. The van der Waals surface area contributed by atoms with Crippen LogP contribution in [-0.4, -0.2) is 56.4 Å². The summed E-state index contributed by atoms with van der Waals surface area (Å²) in [5.74, 6) is 1.34. The molecule has 3 aromatic rings. The number of pyridine rings is 1. The van der Waals surface area contributed by atoms with Crippen molar-refractivity contribution in [2.45, 2.75) is 19.9 Å². The van der Waals surface area contributed by atoms with E-state index in [2.05, 4.69) is 36.1 Å². The third-order valence-electron chi connectivity index (χ3n) is 6.11. The molecule has 7 heteroatoms. The molecule has 0 aliphatic carbocycles. The number of ether oxygens (including phenoxy) is 3. The second kappa shape index (κ2) is 10.5. The van der Waals surface area contributed by atoms with Crippen molar-refractivity contribution in [2.24, 2.45) is 0 Å². The molecule has 7 nitrogen and oxygen atoms in total. The topological polar surface area (TPSA) is 64.1 Å². The number of piperazine rings is 1. The zero-order chi connectivity index (χ0) is 24.1. The first-order valence-electron chi connectivity index (χ1n) is 11.5. The highest BCUT2D eigenvalue weighted by molar-refractivity contribution is 5.77. The van der Waals surface area contributed by atoms with Gasteiger partial charge in [0, 0.05) is 31.3 Å². The van der Waals surface area contributed by atoms with Crippen molar-refractivity contribution in [2.75, 3.05) is 45.4 Å². The third-order valence-corrected chi connectivity index (χ3v) is 6.11. The molecule has 0 radical (unpaired) electrons. The Balaban J connectivity index is 1.71. The van der Waals surface area contributed by atoms with Gasteiger partial charge >= 0.3 is 6.09 Å². The van der Waals surface area contributed by atoms with E-state index in [4.69, 9.17) is 19.2 Å². The summed E-state index contributed by atoms with van der Waals surface area (Å²) in [6.07, 6.45) is -0.297. The molecule has 1 saturated heterocycles. The van der Waals surface area contributed by atoms with Crippen molar-refractivity contribution in [3.63, 3.8) is 0 Å². The van der Waals surface area contributed by atoms with E-state index >= 15 is 0 Å². The van der Waals surface area contributed by atoms with Gasteiger partial charge in [-0.3, -0.25) is 4.90 Å². The predicted molar refractivity (Wildman–Crippen MR) is 133 cm³/mol. The number of aromatic nitrogens is 1. The van der Waals surface area contributed by atoms with Crippen LogP contribution in [0.25, 0.3) is 11.3 Å². The third kappa shape index (κ3) is 4.93. The molecule has 0 saturated carbocycles. The normalized spacial score (nSPS) is 15.7. The summed E-state index contributed by atoms with van der Waals surface area (Å²) in [4.78, 5) is 21.7. The summed E-state index contributed by atoms with van der Waals surface area (Å²) in [7, 11) is 3.27. The molecular formula is C27H31N3O4. The molecule has 2 aromatic carbocycles. The zero-order valence-electron chi connectivity index (χ0n) is 20.2. The minimum atomic E-state index is -0.297. The van der Waals surface area contributed by atoms with E-state index in [1.807, 2.05) is 48.2 Å². The summed E-state index contributed by atoms with van der Waals surface area (Å²) in [5, 5.41) is 0. The highest BCUT2D eigenvalue weighted by Gasteiger charge is 2.33. The first kappa shape index (κ1) is 23.4. The van der Waals surface area contributed by atoms with E-state index in [0.717, 1.165) is 28.3 Å². The number of aryl methyl sites for hydroxylation is 1. The van der Waals surface area contributed by atoms with Gasteiger partial charge in [-0.2, -0.15) is 0 Å². The van der Waals surface area contributed by atoms with E-state index in [9.17, 15) is 4.79 Å². The average Bonchev–Trinajstić information content (AvgIpc) is 2.88. The first-order valence-corrected chi connectivity index (χ1v) is 11.5. The summed E-state index contributed by atoms with van der Waals surface area (Å²) >= 11 is 0. The minimum absolute atomic E-state index is 0.174. The van der Waals surface area contributed by atoms with Crippen molar-refractivity contribution < 1.29 is 19.0 Å². The molecule has 0 bridgehead atoms. The van der Waals surface area contributed by atoms with Gasteiger partial charge in [0.1, 0.15) is 5.75 Å². The fourth-order valence-corrected chi connectivity index (χ4v) is 4.26. The second-order valence-electron chi connectivity index (χ2n) is 8.21. The second-order valence-corrected chi connectivity index (χ2v) is 8.21. The van der Waals surface area contributed by atoms with Gasteiger partial charge in [-0.05, 0) is 37.6 Å². The summed E-state index contributed by atoms with van der Waals surface area (Å²) in [6, 6.07) is 19.9. The predicted octanol–water partition coefficient (Wildman–Crippen LogP) is 5.09. The van der Waals surface area contributed by atoms with Crippen LogP contribution in [0.4, 0.5) is 10.5 Å². The standard InChI is InChI=1S/C27H31N3O4/c1-5-34-27(31)30-17-16-29(18-24(30)20-10-12-22(32-3)13-11-20)23-14-15-25(33-4)28-26(23)21-8-6-19(2)7-9-21/h6-15,24H,5,16-18H2,1-4H3. The molecule has 1 fully saturated rings. The Bertz CT molecular complexity index is 1120. The maximum absolute atomic E-state index is 12.8. The number of methoxy groups -OCH3 is 2. The largest absolute Gasteiger partial charge is 0.497 e. The Hall–Kier alpha value is -3.74. The Morgan fingerprint density at radius 3 is 2.35 bits per heavy atom. The Morgan fingerprint density at radius 2 is 1.71 bits per heavy atom. The van der Waals surface area contributed by atoms with E-state index in [1.165, 1.54) is 5.56 Å². The smallest absolute Gasteiger partial charge is 0.410 e. The van der Waals surface area contributed by atoms with Crippen LogP contribution >= 0.6 is 0 Å². The highest BCUT2D eigenvalue weighted by atomic mass is 16.6. The monoisotopic (exact) mass is 461 g/mol. The van der Waals surface area contributed by atoms with Crippen LogP contribution in [-0.2, 0) is 4.74 Å². The van der Waals surface area contributed by atoms with Crippen molar-refractivity contribution in [3.8, 4) is 22.9 Å². The number of hydrogen-bond donors (Lipinski definition) is 0. The minimum Gasteiger partial charge on any atom is -0.497 e. The molecule has 0 spiro atoms. The number of nitrogens with zero attached hydrogens (tertiary/aromatic N) is 3. The van der Waals surface area contributed by atoms with Crippen molar-refractivity contribution in [1.29, 1.82) is 0 Å². The average molecular weight is 462 g/mol. The van der Waals surface area contributed by atoms with Gasteiger partial charge < -0.3 is 19.1 Å². The maximum Gasteiger partial charge on any atom is 0.410 e. The van der Waals surface area contributed by atoms with Crippen LogP contribution in [0.3, 0.4) is 0 Å². The van der Waals surface area contributed by atoms with Crippen LogP contribution < -0.4 is 14.4 Å². The van der Waals surface area contributed by atoms with Crippen LogP contribution in [0, 0.1) is 6.92 Å². The fraction of sp³-hybridized carbons (Fsp3) is 0.333. The number of carbonyl (C=O) groups excluding carboxylic acids is 1.